The molecule has 1 heterocycles. The predicted molar refractivity (Wildman–Crippen MR) is 82.2 cm³/mol. The molecule has 0 bridgehead atoms. The van der Waals surface area contributed by atoms with Gasteiger partial charge in [-0.25, -0.2) is 0 Å². The summed E-state index contributed by atoms with van der Waals surface area (Å²) in [6.45, 7) is 4.11. The summed E-state index contributed by atoms with van der Waals surface area (Å²) in [4.78, 5) is 0. The molecule has 102 valence electrons. The van der Waals surface area contributed by atoms with Crippen molar-refractivity contribution in [2.24, 2.45) is 0 Å². The summed E-state index contributed by atoms with van der Waals surface area (Å²) in [5.41, 5.74) is 0.847. The fourth-order valence-electron chi connectivity index (χ4n) is 1.62. The third-order valence-corrected chi connectivity index (χ3v) is 4.15. The molecule has 2 aromatic rings. The molecule has 6 heteroatoms. The molecule has 0 aliphatic heterocycles. The van der Waals surface area contributed by atoms with E-state index in [1.54, 1.807) is 23.5 Å². The summed E-state index contributed by atoms with van der Waals surface area (Å²) in [5.74, 6) is 0. The summed E-state index contributed by atoms with van der Waals surface area (Å²) in [7, 11) is 0. The number of nitrogens with one attached hydrogen (secondary N) is 1. The number of halogens is 2. The van der Waals surface area contributed by atoms with Crippen molar-refractivity contribution in [3.8, 4) is 10.6 Å². The Morgan fingerprint density at radius 1 is 1.21 bits per heavy atom. The lowest BCUT2D eigenvalue weighted by Gasteiger charge is -2.00. The van der Waals surface area contributed by atoms with Gasteiger partial charge in [-0.15, -0.1) is 10.2 Å². The summed E-state index contributed by atoms with van der Waals surface area (Å²) in [5, 5.41) is 14.8. The van der Waals surface area contributed by atoms with Crippen LogP contribution in [0.5, 0.6) is 0 Å². The van der Waals surface area contributed by atoms with Crippen LogP contribution in [0.4, 0.5) is 0 Å². The molecule has 0 amide bonds. The van der Waals surface area contributed by atoms with Crippen molar-refractivity contribution in [2.45, 2.75) is 19.8 Å². The highest BCUT2D eigenvalue weighted by Crippen LogP contribution is 2.32. The average molecular weight is 316 g/mol. The molecule has 1 aromatic carbocycles. The second kappa shape index (κ2) is 7.20. The third kappa shape index (κ3) is 4.14. The molecule has 3 nitrogen and oxygen atoms in total. The van der Waals surface area contributed by atoms with Gasteiger partial charge >= 0.3 is 0 Å². The van der Waals surface area contributed by atoms with Crippen molar-refractivity contribution in [3.63, 3.8) is 0 Å². The topological polar surface area (TPSA) is 37.8 Å². The summed E-state index contributed by atoms with van der Waals surface area (Å²) in [6, 6.07) is 5.37. The van der Waals surface area contributed by atoms with Crippen LogP contribution in [0.25, 0.3) is 10.6 Å². The number of hydrogen-bond acceptors (Lipinski definition) is 4. The molecule has 0 spiro atoms. The summed E-state index contributed by atoms with van der Waals surface area (Å²) < 4.78 is 0. The van der Waals surface area contributed by atoms with Crippen molar-refractivity contribution >= 4 is 34.5 Å². The Morgan fingerprint density at radius 2 is 2.05 bits per heavy atom. The van der Waals surface area contributed by atoms with E-state index >= 15 is 0 Å². The van der Waals surface area contributed by atoms with Crippen molar-refractivity contribution in [2.75, 3.05) is 13.1 Å². The van der Waals surface area contributed by atoms with Gasteiger partial charge in [0.05, 0.1) is 5.02 Å². The van der Waals surface area contributed by atoms with Crippen molar-refractivity contribution in [1.29, 1.82) is 0 Å². The van der Waals surface area contributed by atoms with Gasteiger partial charge in [0.1, 0.15) is 10.0 Å². The molecule has 0 radical (unpaired) electrons. The Balaban J connectivity index is 2.06. The Labute approximate surface area is 127 Å². The van der Waals surface area contributed by atoms with Crippen LogP contribution in [-0.4, -0.2) is 23.3 Å². The third-order valence-electron chi connectivity index (χ3n) is 2.57. The summed E-state index contributed by atoms with van der Waals surface area (Å²) >= 11 is 13.7. The van der Waals surface area contributed by atoms with E-state index < -0.39 is 0 Å². The Bertz CT molecular complexity index is 542. The van der Waals surface area contributed by atoms with Gasteiger partial charge in [0.15, 0.2) is 0 Å². The standard InChI is InChI=1S/C13H15Cl2N3S/c1-2-6-16-7-5-12-17-18-13(19-12)10-8-9(14)3-4-11(10)15/h3-4,8,16H,2,5-7H2,1H3. The molecule has 2 rings (SSSR count). The van der Waals surface area contributed by atoms with Gasteiger partial charge in [0.25, 0.3) is 0 Å². The van der Waals surface area contributed by atoms with E-state index in [-0.39, 0.29) is 0 Å². The van der Waals surface area contributed by atoms with E-state index in [2.05, 4.69) is 22.4 Å². The monoisotopic (exact) mass is 315 g/mol. The number of benzene rings is 1. The number of hydrogen-bond donors (Lipinski definition) is 1. The quantitative estimate of drug-likeness (QED) is 0.817. The van der Waals surface area contributed by atoms with Crippen molar-refractivity contribution in [1.82, 2.24) is 15.5 Å². The predicted octanol–water partition coefficient (Wildman–Crippen LogP) is 4.05. The number of rotatable bonds is 6. The van der Waals surface area contributed by atoms with Crippen LogP contribution in [-0.2, 0) is 6.42 Å². The van der Waals surface area contributed by atoms with Crippen LogP contribution < -0.4 is 5.32 Å². The molecule has 1 aromatic heterocycles. The van der Waals surface area contributed by atoms with E-state index in [1.165, 1.54) is 0 Å². The zero-order valence-corrected chi connectivity index (χ0v) is 12.9. The van der Waals surface area contributed by atoms with Crippen LogP contribution in [0.2, 0.25) is 10.0 Å². The highest BCUT2D eigenvalue weighted by atomic mass is 35.5. The number of nitrogens with zero attached hydrogens (tertiary/aromatic N) is 2. The maximum atomic E-state index is 6.15. The Hall–Kier alpha value is -0.680. The smallest absolute Gasteiger partial charge is 0.149 e. The molecule has 0 aliphatic carbocycles. The van der Waals surface area contributed by atoms with Gasteiger partial charge in [0.2, 0.25) is 0 Å². The van der Waals surface area contributed by atoms with Gasteiger partial charge in [0, 0.05) is 23.6 Å². The minimum Gasteiger partial charge on any atom is -0.316 e. The van der Waals surface area contributed by atoms with Crippen LogP contribution in [0, 0.1) is 0 Å². The van der Waals surface area contributed by atoms with E-state index in [4.69, 9.17) is 23.2 Å². The first kappa shape index (κ1) is 14.7. The van der Waals surface area contributed by atoms with E-state index in [9.17, 15) is 0 Å². The minimum atomic E-state index is 0.649. The van der Waals surface area contributed by atoms with Crippen LogP contribution in [0.15, 0.2) is 18.2 Å². The van der Waals surface area contributed by atoms with Gasteiger partial charge in [-0.3, -0.25) is 0 Å². The second-order valence-electron chi connectivity index (χ2n) is 4.13. The van der Waals surface area contributed by atoms with E-state index in [1.807, 2.05) is 6.07 Å². The first-order valence-electron chi connectivity index (χ1n) is 6.19. The lowest BCUT2D eigenvalue weighted by atomic mass is 10.2. The van der Waals surface area contributed by atoms with Gasteiger partial charge in [-0.05, 0) is 31.2 Å². The normalized spacial score (nSPS) is 10.9. The van der Waals surface area contributed by atoms with Crippen LogP contribution in [0.1, 0.15) is 18.4 Å². The average Bonchev–Trinajstić information content (AvgIpc) is 2.86. The van der Waals surface area contributed by atoms with Crippen molar-refractivity contribution in [3.05, 3.63) is 33.3 Å². The minimum absolute atomic E-state index is 0.649. The molecule has 1 N–H and O–H groups in total. The summed E-state index contributed by atoms with van der Waals surface area (Å²) in [6.07, 6.45) is 2.02. The molecular formula is C13H15Cl2N3S. The maximum Gasteiger partial charge on any atom is 0.149 e. The molecule has 0 aliphatic rings. The Morgan fingerprint density at radius 3 is 2.84 bits per heavy atom. The SMILES string of the molecule is CCCNCCc1nnc(-c2cc(Cl)ccc2Cl)s1. The van der Waals surface area contributed by atoms with E-state index in [0.29, 0.717) is 10.0 Å². The molecule has 19 heavy (non-hydrogen) atoms. The lowest BCUT2D eigenvalue weighted by molar-refractivity contribution is 0.668. The molecule has 0 unspecified atom stereocenters. The lowest BCUT2D eigenvalue weighted by Crippen LogP contribution is -2.17. The molecule has 0 saturated carbocycles. The fraction of sp³-hybridized carbons (Fsp3) is 0.385. The van der Waals surface area contributed by atoms with E-state index in [0.717, 1.165) is 41.5 Å². The first-order chi connectivity index (χ1) is 9.20. The van der Waals surface area contributed by atoms with Gasteiger partial charge in [-0.2, -0.15) is 0 Å². The van der Waals surface area contributed by atoms with Gasteiger partial charge in [-0.1, -0.05) is 41.5 Å². The maximum absolute atomic E-state index is 6.15. The zero-order valence-electron chi connectivity index (χ0n) is 10.6. The fourth-order valence-corrected chi connectivity index (χ4v) is 2.93. The largest absolute Gasteiger partial charge is 0.316 e. The first-order valence-corrected chi connectivity index (χ1v) is 7.76. The second-order valence-corrected chi connectivity index (χ2v) is 6.03. The van der Waals surface area contributed by atoms with Crippen molar-refractivity contribution < 1.29 is 0 Å². The molecule has 0 saturated heterocycles. The molecule has 0 atom stereocenters. The highest BCUT2D eigenvalue weighted by molar-refractivity contribution is 7.14. The van der Waals surface area contributed by atoms with Gasteiger partial charge < -0.3 is 5.32 Å². The van der Waals surface area contributed by atoms with Crippen LogP contribution >= 0.6 is 34.5 Å². The molecule has 0 fully saturated rings. The zero-order chi connectivity index (χ0) is 13.7. The molecular weight excluding hydrogens is 301 g/mol. The van der Waals surface area contributed by atoms with Crippen LogP contribution in [0.3, 0.4) is 0 Å². The number of aromatic nitrogens is 2. The Kier molecular flexibility index (Phi) is 5.58. The highest BCUT2D eigenvalue weighted by Gasteiger charge is 2.10.